The zero-order valence-corrected chi connectivity index (χ0v) is 16.7. The second kappa shape index (κ2) is 8.27. The topological polar surface area (TPSA) is 82.7 Å². The molecule has 7 heteroatoms. The number of piperidine rings is 1. The van der Waals surface area contributed by atoms with Gasteiger partial charge in [-0.1, -0.05) is 38.0 Å². The molecule has 0 spiro atoms. The van der Waals surface area contributed by atoms with E-state index >= 15 is 0 Å². The van der Waals surface area contributed by atoms with Gasteiger partial charge in [0.2, 0.25) is 0 Å². The number of aromatic amines is 1. The zero-order valence-electron chi connectivity index (χ0n) is 16.7. The quantitative estimate of drug-likeness (QED) is 0.599. The summed E-state index contributed by atoms with van der Waals surface area (Å²) in [5.41, 5.74) is 1.25. The Balaban J connectivity index is 1.39. The number of cyclic esters (lactones) is 1. The van der Waals surface area contributed by atoms with Crippen molar-refractivity contribution in [1.29, 1.82) is 0 Å². The number of carbonyl (C=O) groups is 3. The molecule has 4 rings (SSSR count). The summed E-state index contributed by atoms with van der Waals surface area (Å²) in [4.78, 5) is 44.3. The van der Waals surface area contributed by atoms with Crippen molar-refractivity contribution in [2.75, 3.05) is 19.7 Å². The molecule has 154 valence electrons. The number of carbonyl (C=O) groups excluding carboxylic acids is 3. The summed E-state index contributed by atoms with van der Waals surface area (Å²) >= 11 is 0. The number of ether oxygens (including phenoxy) is 1. The van der Waals surface area contributed by atoms with Crippen LogP contribution in [0.5, 0.6) is 0 Å². The number of nitrogens with one attached hydrogen (secondary N) is 1. The second-order valence-corrected chi connectivity index (χ2v) is 7.88. The summed E-state index contributed by atoms with van der Waals surface area (Å²) in [6, 6.07) is 7.66. The Morgan fingerprint density at radius 1 is 1.21 bits per heavy atom. The standard InChI is InChI=1S/C22H27N3O4/c1-2-3-6-16-14-29-22(28)25(16)15-9-11-24(12-10-15)21(27)20(26)18-13-23-19-8-5-4-7-17(18)19/h4-5,7-8,13,15-16,23H,2-3,6,9-12,14H2,1H3. The second-order valence-electron chi connectivity index (χ2n) is 7.88. The van der Waals surface area contributed by atoms with Crippen molar-refractivity contribution < 1.29 is 19.1 Å². The summed E-state index contributed by atoms with van der Waals surface area (Å²) in [5, 5.41) is 0.763. The van der Waals surface area contributed by atoms with E-state index in [4.69, 9.17) is 4.74 Å². The molecule has 29 heavy (non-hydrogen) atoms. The Labute approximate surface area is 170 Å². The number of para-hydroxylation sites is 1. The van der Waals surface area contributed by atoms with Crippen LogP contribution in [0.3, 0.4) is 0 Å². The molecule has 2 aliphatic rings. The molecule has 0 bridgehead atoms. The fourth-order valence-corrected chi connectivity index (χ4v) is 4.45. The summed E-state index contributed by atoms with van der Waals surface area (Å²) in [5.74, 6) is -0.956. The van der Waals surface area contributed by atoms with Gasteiger partial charge in [-0.25, -0.2) is 4.79 Å². The lowest BCUT2D eigenvalue weighted by atomic mass is 9.99. The normalized spacial score (nSPS) is 20.3. The number of H-pyrrole nitrogens is 1. The van der Waals surface area contributed by atoms with Gasteiger partial charge >= 0.3 is 6.09 Å². The van der Waals surface area contributed by atoms with Crippen molar-refractivity contribution in [2.45, 2.75) is 51.1 Å². The number of amides is 2. The fraction of sp³-hybridized carbons (Fsp3) is 0.500. The van der Waals surface area contributed by atoms with E-state index in [0.29, 0.717) is 38.1 Å². The van der Waals surface area contributed by atoms with E-state index in [2.05, 4.69) is 11.9 Å². The highest BCUT2D eigenvalue weighted by molar-refractivity contribution is 6.44. The predicted octanol–water partition coefficient (Wildman–Crippen LogP) is 3.35. The van der Waals surface area contributed by atoms with E-state index in [0.717, 1.165) is 30.2 Å². The van der Waals surface area contributed by atoms with Crippen molar-refractivity contribution in [1.82, 2.24) is 14.8 Å². The number of nitrogens with zero attached hydrogens (tertiary/aromatic N) is 2. The van der Waals surface area contributed by atoms with Gasteiger partial charge in [0.15, 0.2) is 0 Å². The van der Waals surface area contributed by atoms with Crippen LogP contribution in [0.1, 0.15) is 49.4 Å². The molecule has 7 nitrogen and oxygen atoms in total. The molecule has 1 atom stereocenters. The SMILES string of the molecule is CCCCC1COC(=O)N1C1CCN(C(=O)C(=O)c2c[nH]c3ccccc23)CC1. The molecular weight excluding hydrogens is 370 g/mol. The van der Waals surface area contributed by atoms with Gasteiger partial charge in [0, 0.05) is 36.2 Å². The molecule has 1 aromatic heterocycles. The molecule has 1 aromatic carbocycles. The Morgan fingerprint density at radius 2 is 1.97 bits per heavy atom. The van der Waals surface area contributed by atoms with E-state index in [9.17, 15) is 14.4 Å². The van der Waals surface area contributed by atoms with Crippen molar-refractivity contribution in [2.24, 2.45) is 0 Å². The first kappa shape index (κ1) is 19.5. The van der Waals surface area contributed by atoms with E-state index in [1.807, 2.05) is 29.2 Å². The van der Waals surface area contributed by atoms with Crippen LogP contribution in [0.4, 0.5) is 4.79 Å². The smallest absolute Gasteiger partial charge is 0.410 e. The Hall–Kier alpha value is -2.83. The predicted molar refractivity (Wildman–Crippen MR) is 109 cm³/mol. The third-order valence-electron chi connectivity index (χ3n) is 6.07. The van der Waals surface area contributed by atoms with Crippen LogP contribution in [0.25, 0.3) is 10.9 Å². The van der Waals surface area contributed by atoms with E-state index in [-0.39, 0.29) is 18.2 Å². The molecular formula is C22H27N3O4. The average molecular weight is 397 g/mol. The van der Waals surface area contributed by atoms with Crippen LogP contribution < -0.4 is 0 Å². The molecule has 0 aliphatic carbocycles. The van der Waals surface area contributed by atoms with Gasteiger partial charge in [0.25, 0.3) is 11.7 Å². The first-order chi connectivity index (χ1) is 14.1. The first-order valence-electron chi connectivity index (χ1n) is 10.4. The molecule has 0 saturated carbocycles. The maximum absolute atomic E-state index is 12.8. The van der Waals surface area contributed by atoms with Gasteiger partial charge in [-0.2, -0.15) is 0 Å². The van der Waals surface area contributed by atoms with Crippen LogP contribution in [0, 0.1) is 0 Å². The van der Waals surface area contributed by atoms with Crippen molar-refractivity contribution in [3.8, 4) is 0 Å². The third-order valence-corrected chi connectivity index (χ3v) is 6.07. The number of hydrogen-bond acceptors (Lipinski definition) is 4. The van der Waals surface area contributed by atoms with E-state index in [1.165, 1.54) is 0 Å². The number of fused-ring (bicyclic) bond motifs is 1. The summed E-state index contributed by atoms with van der Waals surface area (Å²) in [6.07, 6.45) is 5.80. The molecule has 2 saturated heterocycles. The van der Waals surface area contributed by atoms with Crippen LogP contribution in [-0.2, 0) is 9.53 Å². The van der Waals surface area contributed by atoms with Gasteiger partial charge in [-0.15, -0.1) is 0 Å². The number of ketones is 1. The molecule has 2 fully saturated rings. The lowest BCUT2D eigenvalue weighted by molar-refractivity contribution is -0.127. The largest absolute Gasteiger partial charge is 0.447 e. The minimum Gasteiger partial charge on any atom is -0.447 e. The van der Waals surface area contributed by atoms with E-state index < -0.39 is 11.7 Å². The highest BCUT2D eigenvalue weighted by atomic mass is 16.6. The molecule has 2 amide bonds. The fourth-order valence-electron chi connectivity index (χ4n) is 4.45. The maximum Gasteiger partial charge on any atom is 0.410 e. The maximum atomic E-state index is 12.8. The minimum absolute atomic E-state index is 0.0686. The highest BCUT2D eigenvalue weighted by Gasteiger charge is 2.40. The Bertz CT molecular complexity index is 914. The highest BCUT2D eigenvalue weighted by Crippen LogP contribution is 2.27. The Morgan fingerprint density at radius 3 is 2.72 bits per heavy atom. The van der Waals surface area contributed by atoms with Crippen LogP contribution in [-0.4, -0.2) is 64.3 Å². The van der Waals surface area contributed by atoms with Gasteiger partial charge in [0.05, 0.1) is 11.6 Å². The lowest BCUT2D eigenvalue weighted by Crippen LogP contribution is -2.50. The number of likely N-dealkylation sites (tertiary alicyclic amines) is 1. The third kappa shape index (κ3) is 3.73. The van der Waals surface area contributed by atoms with Crippen molar-refractivity contribution in [3.63, 3.8) is 0 Å². The first-order valence-corrected chi connectivity index (χ1v) is 10.4. The molecule has 1 N–H and O–H groups in total. The van der Waals surface area contributed by atoms with E-state index in [1.54, 1.807) is 11.1 Å². The number of aromatic nitrogens is 1. The number of hydrogen-bond donors (Lipinski definition) is 1. The van der Waals surface area contributed by atoms with Crippen LogP contribution >= 0.6 is 0 Å². The minimum atomic E-state index is -0.484. The summed E-state index contributed by atoms with van der Waals surface area (Å²) < 4.78 is 5.28. The monoisotopic (exact) mass is 397 g/mol. The molecule has 2 aliphatic heterocycles. The van der Waals surface area contributed by atoms with Gasteiger partial charge in [-0.05, 0) is 25.3 Å². The molecule has 3 heterocycles. The lowest BCUT2D eigenvalue weighted by Gasteiger charge is -2.37. The van der Waals surface area contributed by atoms with Crippen molar-refractivity contribution >= 4 is 28.7 Å². The van der Waals surface area contributed by atoms with Crippen LogP contribution in [0.15, 0.2) is 30.5 Å². The molecule has 0 radical (unpaired) electrons. The number of benzene rings is 1. The van der Waals surface area contributed by atoms with Gasteiger partial charge in [0.1, 0.15) is 6.61 Å². The number of unbranched alkanes of at least 4 members (excludes halogenated alkanes) is 1. The molecule has 2 aromatic rings. The average Bonchev–Trinajstić information content (AvgIpc) is 3.35. The number of Topliss-reactive ketones (excluding diaryl/α,β-unsaturated/α-hetero) is 1. The summed E-state index contributed by atoms with van der Waals surface area (Å²) in [7, 11) is 0. The number of rotatable bonds is 6. The van der Waals surface area contributed by atoms with Gasteiger partial charge in [-0.3, -0.25) is 14.5 Å². The molecule has 1 unspecified atom stereocenters. The summed E-state index contributed by atoms with van der Waals surface area (Å²) in [6.45, 7) is 3.54. The Kier molecular flexibility index (Phi) is 5.56. The van der Waals surface area contributed by atoms with Crippen molar-refractivity contribution in [3.05, 3.63) is 36.0 Å². The van der Waals surface area contributed by atoms with Gasteiger partial charge < -0.3 is 14.6 Å². The zero-order chi connectivity index (χ0) is 20.4. The van der Waals surface area contributed by atoms with Crippen LogP contribution in [0.2, 0.25) is 0 Å².